The fourth-order valence-corrected chi connectivity index (χ4v) is 6.62. The standard InChI is InChI=1S/C19H32N2O/c20-12-17(16-4-2-1-3-5-16)21-18(22)19-9-13-6-14(10-19)8-15(7-13)11-19/h13-17H,1-12,20H2,(H,21,22). The average Bonchev–Trinajstić information content (AvgIpc) is 2.52. The predicted octanol–water partition coefficient (Wildman–Crippen LogP) is 3.23. The molecule has 0 aliphatic heterocycles. The Labute approximate surface area is 134 Å². The first-order chi connectivity index (χ1) is 10.7. The molecule has 1 amide bonds. The first-order valence-electron chi connectivity index (χ1n) is 9.69. The van der Waals surface area contributed by atoms with E-state index in [2.05, 4.69) is 5.32 Å². The van der Waals surface area contributed by atoms with Gasteiger partial charge in [0.2, 0.25) is 5.91 Å². The van der Waals surface area contributed by atoms with Gasteiger partial charge in [-0.25, -0.2) is 0 Å². The molecular formula is C19H32N2O. The molecule has 0 radical (unpaired) electrons. The third kappa shape index (κ3) is 2.60. The summed E-state index contributed by atoms with van der Waals surface area (Å²) in [5.74, 6) is 3.50. The number of carbonyl (C=O) groups is 1. The van der Waals surface area contributed by atoms with E-state index in [4.69, 9.17) is 5.73 Å². The quantitative estimate of drug-likeness (QED) is 0.838. The van der Waals surface area contributed by atoms with E-state index in [9.17, 15) is 4.79 Å². The third-order valence-electron chi connectivity index (χ3n) is 7.31. The molecule has 0 aromatic rings. The zero-order valence-corrected chi connectivity index (χ0v) is 13.9. The fourth-order valence-electron chi connectivity index (χ4n) is 6.62. The van der Waals surface area contributed by atoms with Gasteiger partial charge in [0, 0.05) is 18.0 Å². The number of nitrogens with one attached hydrogen (secondary N) is 1. The zero-order chi connectivity index (χ0) is 15.2. The molecule has 5 aliphatic carbocycles. The van der Waals surface area contributed by atoms with Crippen LogP contribution in [0.1, 0.15) is 70.6 Å². The second-order valence-corrected chi connectivity index (χ2v) is 8.91. The lowest BCUT2D eigenvalue weighted by Crippen LogP contribution is -2.57. The molecule has 0 aromatic heterocycles. The molecule has 0 heterocycles. The lowest BCUT2D eigenvalue weighted by atomic mass is 9.49. The van der Waals surface area contributed by atoms with E-state index in [1.165, 1.54) is 51.4 Å². The summed E-state index contributed by atoms with van der Waals surface area (Å²) in [6.07, 6.45) is 14.2. The van der Waals surface area contributed by atoms with Crippen LogP contribution in [0.3, 0.4) is 0 Å². The van der Waals surface area contributed by atoms with Crippen molar-refractivity contribution >= 4 is 5.91 Å². The van der Waals surface area contributed by atoms with E-state index in [1.54, 1.807) is 0 Å². The van der Waals surface area contributed by atoms with E-state index >= 15 is 0 Å². The van der Waals surface area contributed by atoms with Gasteiger partial charge in [-0.05, 0) is 75.0 Å². The summed E-state index contributed by atoms with van der Waals surface area (Å²) >= 11 is 0. The van der Waals surface area contributed by atoms with Crippen molar-refractivity contribution in [2.75, 3.05) is 6.54 Å². The van der Waals surface area contributed by atoms with Crippen molar-refractivity contribution in [2.45, 2.75) is 76.7 Å². The van der Waals surface area contributed by atoms with Crippen LogP contribution in [0.15, 0.2) is 0 Å². The van der Waals surface area contributed by atoms with E-state index in [-0.39, 0.29) is 11.5 Å². The Hall–Kier alpha value is -0.570. The Balaban J connectivity index is 1.44. The van der Waals surface area contributed by atoms with Gasteiger partial charge in [0.05, 0.1) is 0 Å². The highest BCUT2D eigenvalue weighted by Gasteiger charge is 2.54. The van der Waals surface area contributed by atoms with Crippen molar-refractivity contribution in [3.05, 3.63) is 0 Å². The molecule has 5 fully saturated rings. The Kier molecular flexibility index (Phi) is 3.96. The molecular weight excluding hydrogens is 272 g/mol. The highest BCUT2D eigenvalue weighted by molar-refractivity contribution is 5.83. The Morgan fingerprint density at radius 2 is 1.55 bits per heavy atom. The van der Waals surface area contributed by atoms with Crippen molar-refractivity contribution in [1.29, 1.82) is 0 Å². The van der Waals surface area contributed by atoms with E-state index in [1.807, 2.05) is 0 Å². The van der Waals surface area contributed by atoms with Crippen LogP contribution in [0.25, 0.3) is 0 Å². The van der Waals surface area contributed by atoms with Crippen LogP contribution in [0, 0.1) is 29.1 Å². The summed E-state index contributed by atoms with van der Waals surface area (Å²) in [7, 11) is 0. The van der Waals surface area contributed by atoms with Crippen LogP contribution in [0.5, 0.6) is 0 Å². The summed E-state index contributed by atoms with van der Waals surface area (Å²) in [6, 6.07) is 0.223. The number of hydrogen-bond donors (Lipinski definition) is 2. The lowest BCUT2D eigenvalue weighted by Gasteiger charge is -2.56. The molecule has 1 atom stereocenters. The molecule has 4 bridgehead atoms. The molecule has 1 unspecified atom stereocenters. The highest BCUT2D eigenvalue weighted by Crippen LogP contribution is 2.60. The predicted molar refractivity (Wildman–Crippen MR) is 88.2 cm³/mol. The third-order valence-corrected chi connectivity index (χ3v) is 7.31. The molecule has 0 spiro atoms. The summed E-state index contributed by atoms with van der Waals surface area (Å²) in [5.41, 5.74) is 6.01. The van der Waals surface area contributed by atoms with Crippen molar-refractivity contribution < 1.29 is 4.79 Å². The molecule has 124 valence electrons. The highest BCUT2D eigenvalue weighted by atomic mass is 16.2. The number of nitrogens with two attached hydrogens (primary N) is 1. The summed E-state index contributed by atoms with van der Waals surface area (Å²) < 4.78 is 0. The first kappa shape index (κ1) is 15.0. The molecule has 22 heavy (non-hydrogen) atoms. The minimum Gasteiger partial charge on any atom is -0.351 e. The topological polar surface area (TPSA) is 55.1 Å². The lowest BCUT2D eigenvalue weighted by molar-refractivity contribution is -0.147. The Bertz CT molecular complexity index is 392. The number of carbonyl (C=O) groups excluding carboxylic acids is 1. The largest absolute Gasteiger partial charge is 0.351 e. The fraction of sp³-hybridized carbons (Fsp3) is 0.947. The van der Waals surface area contributed by atoms with Crippen molar-refractivity contribution in [1.82, 2.24) is 5.32 Å². The SMILES string of the molecule is NCC(NC(=O)C12CC3CC(CC(C3)C1)C2)C1CCCCC1. The van der Waals surface area contributed by atoms with Gasteiger partial charge in [-0.2, -0.15) is 0 Å². The second-order valence-electron chi connectivity index (χ2n) is 8.91. The minimum absolute atomic E-state index is 0.0170. The van der Waals surface area contributed by atoms with Crippen LogP contribution in [-0.4, -0.2) is 18.5 Å². The minimum atomic E-state index is -0.0170. The van der Waals surface area contributed by atoms with E-state index in [0.717, 1.165) is 37.0 Å². The van der Waals surface area contributed by atoms with Gasteiger partial charge in [-0.1, -0.05) is 19.3 Å². The molecule has 3 N–H and O–H groups in total. The maximum Gasteiger partial charge on any atom is 0.226 e. The monoisotopic (exact) mass is 304 g/mol. The smallest absolute Gasteiger partial charge is 0.226 e. The molecule has 0 aromatic carbocycles. The number of rotatable bonds is 4. The maximum atomic E-state index is 13.1. The Morgan fingerprint density at radius 1 is 1.00 bits per heavy atom. The number of amides is 1. The van der Waals surface area contributed by atoms with Crippen LogP contribution in [0.4, 0.5) is 0 Å². The zero-order valence-electron chi connectivity index (χ0n) is 13.9. The van der Waals surface area contributed by atoms with Gasteiger partial charge in [0.15, 0.2) is 0 Å². The molecule has 0 saturated heterocycles. The van der Waals surface area contributed by atoms with Gasteiger partial charge in [-0.15, -0.1) is 0 Å². The molecule has 5 saturated carbocycles. The molecule has 3 heteroatoms. The summed E-state index contributed by atoms with van der Waals surface area (Å²) in [4.78, 5) is 13.1. The van der Waals surface area contributed by atoms with Crippen LogP contribution in [-0.2, 0) is 4.79 Å². The summed E-state index contributed by atoms with van der Waals surface area (Å²) in [6.45, 7) is 0.614. The van der Waals surface area contributed by atoms with Gasteiger partial charge in [0.1, 0.15) is 0 Å². The van der Waals surface area contributed by atoms with Gasteiger partial charge < -0.3 is 11.1 Å². The van der Waals surface area contributed by atoms with E-state index in [0.29, 0.717) is 18.4 Å². The van der Waals surface area contributed by atoms with Crippen LogP contribution in [0.2, 0.25) is 0 Å². The van der Waals surface area contributed by atoms with Crippen molar-refractivity contribution in [3.8, 4) is 0 Å². The van der Waals surface area contributed by atoms with Crippen molar-refractivity contribution in [3.63, 3.8) is 0 Å². The summed E-state index contributed by atoms with van der Waals surface area (Å²) in [5, 5.41) is 3.43. The molecule has 5 rings (SSSR count). The van der Waals surface area contributed by atoms with Crippen LogP contribution >= 0.6 is 0 Å². The maximum absolute atomic E-state index is 13.1. The van der Waals surface area contributed by atoms with Gasteiger partial charge in [0.25, 0.3) is 0 Å². The Morgan fingerprint density at radius 3 is 2.05 bits per heavy atom. The average molecular weight is 304 g/mol. The van der Waals surface area contributed by atoms with Gasteiger partial charge >= 0.3 is 0 Å². The van der Waals surface area contributed by atoms with E-state index < -0.39 is 0 Å². The van der Waals surface area contributed by atoms with Gasteiger partial charge in [-0.3, -0.25) is 4.79 Å². The first-order valence-corrected chi connectivity index (χ1v) is 9.69. The van der Waals surface area contributed by atoms with Crippen molar-refractivity contribution in [2.24, 2.45) is 34.8 Å². The molecule has 3 nitrogen and oxygen atoms in total. The number of hydrogen-bond acceptors (Lipinski definition) is 2. The molecule has 5 aliphatic rings. The van der Waals surface area contributed by atoms with Crippen LogP contribution < -0.4 is 11.1 Å². The normalized spacial score (nSPS) is 42.3. The second kappa shape index (κ2) is 5.81.